The van der Waals surface area contributed by atoms with E-state index in [1.165, 1.54) is 6.42 Å². The second-order valence-corrected chi connectivity index (χ2v) is 5.24. The Hall–Kier alpha value is -1.07. The molecule has 5 heteroatoms. The average Bonchev–Trinajstić information content (AvgIpc) is 2.38. The summed E-state index contributed by atoms with van der Waals surface area (Å²) in [5.41, 5.74) is 1.65. The number of pyridine rings is 1. The molecule has 1 saturated carbocycles. The molecule has 102 valence electrons. The van der Waals surface area contributed by atoms with Crippen LogP contribution in [0.3, 0.4) is 0 Å². The minimum atomic E-state index is -0.134. The van der Waals surface area contributed by atoms with Crippen LogP contribution in [0.1, 0.15) is 32.1 Å². The van der Waals surface area contributed by atoms with E-state index < -0.39 is 0 Å². The first-order valence-electron chi connectivity index (χ1n) is 6.98. The van der Waals surface area contributed by atoms with Gasteiger partial charge in [0.15, 0.2) is 0 Å². The third-order valence-corrected chi connectivity index (χ3v) is 3.67. The van der Waals surface area contributed by atoms with Gasteiger partial charge in [-0.2, -0.15) is 0 Å². The number of nitrogens with zero attached hydrogens (tertiary/aromatic N) is 2. The molecule has 3 rings (SSSR count). The van der Waals surface area contributed by atoms with Gasteiger partial charge in [-0.25, -0.2) is 0 Å². The lowest BCUT2D eigenvalue weighted by atomic mass is 9.97. The predicted molar refractivity (Wildman–Crippen MR) is 76.9 cm³/mol. The first-order valence-corrected chi connectivity index (χ1v) is 6.98. The van der Waals surface area contributed by atoms with Crippen molar-refractivity contribution in [2.45, 2.75) is 44.3 Å². The fourth-order valence-corrected chi connectivity index (χ4v) is 2.14. The Morgan fingerprint density at radius 3 is 2.16 bits per heavy atom. The molecule has 0 aromatic carbocycles. The Bertz CT molecular complexity index is 391. The Balaban J connectivity index is 0.000000224. The Morgan fingerprint density at radius 1 is 1.11 bits per heavy atom. The van der Waals surface area contributed by atoms with Crippen LogP contribution >= 0.6 is 0 Å². The zero-order chi connectivity index (χ0) is 13.7. The van der Waals surface area contributed by atoms with E-state index >= 15 is 0 Å². The van der Waals surface area contributed by atoms with Crippen molar-refractivity contribution >= 4 is 19.1 Å². The maximum absolute atomic E-state index is 9.36. The first-order chi connectivity index (χ1) is 9.15. The van der Waals surface area contributed by atoms with Crippen LogP contribution in [0.15, 0.2) is 18.3 Å². The fraction of sp³-hybridized carbons (Fsp3) is 0.643. The van der Waals surface area contributed by atoms with Gasteiger partial charge < -0.3 is 15.1 Å². The number of anilines is 1. The zero-order valence-corrected chi connectivity index (χ0v) is 11.2. The monoisotopic (exact) mass is 260 g/mol. The standard InChI is InChI=1S/C10H13BN2O.C4H8O/c11-10-7-8(1-4-12-10)13-5-2-9(14)3-6-13;5-4-2-1-3-4/h1,4,7,9,14H,2-3,5-6H2;4-5H,1-3H2. The van der Waals surface area contributed by atoms with Crippen LogP contribution in [0.2, 0.25) is 0 Å². The van der Waals surface area contributed by atoms with Gasteiger partial charge in [0.05, 0.1) is 12.2 Å². The van der Waals surface area contributed by atoms with Gasteiger partial charge in [0.25, 0.3) is 0 Å². The van der Waals surface area contributed by atoms with Gasteiger partial charge in [0.2, 0.25) is 0 Å². The predicted octanol–water partition coefficient (Wildman–Crippen LogP) is 0.368. The van der Waals surface area contributed by atoms with E-state index in [1.54, 1.807) is 6.20 Å². The topological polar surface area (TPSA) is 56.6 Å². The summed E-state index contributed by atoms with van der Waals surface area (Å²) < 4.78 is 0. The highest BCUT2D eigenvalue weighted by molar-refractivity contribution is 6.30. The summed E-state index contributed by atoms with van der Waals surface area (Å²) in [6.45, 7) is 1.79. The van der Waals surface area contributed by atoms with E-state index in [1.807, 2.05) is 12.1 Å². The molecule has 0 bridgehead atoms. The van der Waals surface area contributed by atoms with Gasteiger partial charge in [-0.1, -0.05) is 0 Å². The van der Waals surface area contributed by atoms with Crippen LogP contribution in [0.5, 0.6) is 0 Å². The number of rotatable bonds is 1. The molecule has 1 aliphatic carbocycles. The van der Waals surface area contributed by atoms with Crippen LogP contribution in [-0.2, 0) is 0 Å². The zero-order valence-electron chi connectivity index (χ0n) is 11.2. The molecule has 2 N–H and O–H groups in total. The number of hydrogen-bond donors (Lipinski definition) is 2. The van der Waals surface area contributed by atoms with Gasteiger partial charge in [-0.3, -0.25) is 4.98 Å². The molecule has 0 unspecified atom stereocenters. The van der Waals surface area contributed by atoms with E-state index in [9.17, 15) is 5.11 Å². The van der Waals surface area contributed by atoms with E-state index in [2.05, 4.69) is 9.88 Å². The molecule has 2 fully saturated rings. The summed E-state index contributed by atoms with van der Waals surface area (Å²) in [6.07, 6.45) is 6.64. The molecular formula is C14H21BN2O2. The Morgan fingerprint density at radius 2 is 1.68 bits per heavy atom. The van der Waals surface area contributed by atoms with E-state index in [4.69, 9.17) is 13.0 Å². The minimum absolute atomic E-state index is 0.0648. The molecule has 1 aromatic rings. The molecule has 1 aromatic heterocycles. The normalized spacial score (nSPS) is 20.4. The summed E-state index contributed by atoms with van der Waals surface area (Å²) >= 11 is 0. The molecule has 4 nitrogen and oxygen atoms in total. The highest BCUT2D eigenvalue weighted by Gasteiger charge is 2.16. The van der Waals surface area contributed by atoms with Crippen molar-refractivity contribution in [1.29, 1.82) is 0 Å². The van der Waals surface area contributed by atoms with E-state index in [0.29, 0.717) is 5.59 Å². The van der Waals surface area contributed by atoms with Crippen LogP contribution in [0, 0.1) is 0 Å². The summed E-state index contributed by atoms with van der Waals surface area (Å²) in [6, 6.07) is 3.83. The Kier molecular flexibility index (Phi) is 5.22. The number of piperidine rings is 1. The lowest BCUT2D eigenvalue weighted by molar-refractivity contribution is 0.0950. The summed E-state index contributed by atoms with van der Waals surface area (Å²) in [7, 11) is 5.61. The van der Waals surface area contributed by atoms with Crippen molar-refractivity contribution in [3.63, 3.8) is 0 Å². The van der Waals surface area contributed by atoms with Crippen LogP contribution < -0.4 is 10.5 Å². The number of aromatic nitrogens is 1. The molecule has 0 amide bonds. The largest absolute Gasteiger partial charge is 0.393 e. The smallest absolute Gasteiger partial charge is 0.141 e. The molecule has 0 atom stereocenters. The van der Waals surface area contributed by atoms with Crippen molar-refractivity contribution in [3.8, 4) is 0 Å². The third kappa shape index (κ3) is 4.51. The quantitative estimate of drug-likeness (QED) is 0.716. The van der Waals surface area contributed by atoms with Gasteiger partial charge in [-0.15, -0.1) is 0 Å². The van der Waals surface area contributed by atoms with E-state index in [0.717, 1.165) is 44.5 Å². The summed E-state index contributed by atoms with van der Waals surface area (Å²) in [4.78, 5) is 6.18. The van der Waals surface area contributed by atoms with E-state index in [-0.39, 0.29) is 12.2 Å². The second kappa shape index (κ2) is 6.92. The fourth-order valence-electron chi connectivity index (χ4n) is 2.14. The Labute approximate surface area is 115 Å². The molecule has 1 aliphatic heterocycles. The van der Waals surface area contributed by atoms with Gasteiger partial charge in [0.1, 0.15) is 7.85 Å². The third-order valence-electron chi connectivity index (χ3n) is 3.67. The second-order valence-electron chi connectivity index (χ2n) is 5.24. The number of hydrogen-bond acceptors (Lipinski definition) is 4. The molecule has 1 saturated heterocycles. The minimum Gasteiger partial charge on any atom is -0.393 e. The number of aliphatic hydroxyl groups is 2. The lowest BCUT2D eigenvalue weighted by Crippen LogP contribution is -2.36. The van der Waals surface area contributed by atoms with Gasteiger partial charge in [0, 0.05) is 25.0 Å². The molecular weight excluding hydrogens is 239 g/mol. The molecule has 2 radical (unpaired) electrons. The van der Waals surface area contributed by atoms with Crippen molar-refractivity contribution in [1.82, 2.24) is 4.98 Å². The SMILES string of the molecule is OC1CCC1.[B]c1cc(N2CCC(O)CC2)ccn1. The maximum Gasteiger partial charge on any atom is 0.141 e. The average molecular weight is 260 g/mol. The molecule has 19 heavy (non-hydrogen) atoms. The van der Waals surface area contributed by atoms with Crippen molar-refractivity contribution < 1.29 is 10.2 Å². The van der Waals surface area contributed by atoms with Gasteiger partial charge in [-0.05, 0) is 49.8 Å². The first kappa shape index (κ1) is 14.3. The highest BCUT2D eigenvalue weighted by Crippen LogP contribution is 2.18. The molecule has 2 heterocycles. The van der Waals surface area contributed by atoms with Crippen molar-refractivity contribution in [2.75, 3.05) is 18.0 Å². The van der Waals surface area contributed by atoms with Crippen LogP contribution in [-0.4, -0.2) is 48.3 Å². The van der Waals surface area contributed by atoms with Crippen LogP contribution in [0.25, 0.3) is 0 Å². The lowest BCUT2D eigenvalue weighted by Gasteiger charge is -2.31. The van der Waals surface area contributed by atoms with Crippen molar-refractivity contribution in [2.24, 2.45) is 0 Å². The summed E-state index contributed by atoms with van der Waals surface area (Å²) in [5.74, 6) is 0. The molecule has 0 spiro atoms. The van der Waals surface area contributed by atoms with Crippen molar-refractivity contribution in [3.05, 3.63) is 18.3 Å². The summed E-state index contributed by atoms with van der Waals surface area (Å²) in [5, 5.41) is 17.8. The maximum atomic E-state index is 9.36. The van der Waals surface area contributed by atoms with Crippen LogP contribution in [0.4, 0.5) is 5.69 Å². The van der Waals surface area contributed by atoms with Gasteiger partial charge >= 0.3 is 0 Å². The molecule has 2 aliphatic rings. The highest BCUT2D eigenvalue weighted by atomic mass is 16.3. The number of aliphatic hydroxyl groups excluding tert-OH is 2.